The maximum atomic E-state index is 11.8. The molecule has 0 spiro atoms. The predicted octanol–water partition coefficient (Wildman–Crippen LogP) is 2.25. The molecule has 1 aliphatic heterocycles. The van der Waals surface area contributed by atoms with Gasteiger partial charge in [0.1, 0.15) is 0 Å². The Balaban J connectivity index is 1.74. The lowest BCUT2D eigenvalue weighted by atomic mass is 10.1. The van der Waals surface area contributed by atoms with Crippen molar-refractivity contribution >= 4 is 21.8 Å². The molecule has 18 heavy (non-hydrogen) atoms. The van der Waals surface area contributed by atoms with E-state index in [1.54, 1.807) is 0 Å². The van der Waals surface area contributed by atoms with Crippen molar-refractivity contribution in [3.63, 3.8) is 0 Å². The Morgan fingerprint density at radius 1 is 1.50 bits per heavy atom. The minimum atomic E-state index is 0.156. The fourth-order valence-corrected chi connectivity index (χ4v) is 2.67. The Morgan fingerprint density at radius 2 is 2.39 bits per heavy atom. The van der Waals surface area contributed by atoms with Gasteiger partial charge in [-0.25, -0.2) is 0 Å². The number of aryl methyl sites for hydroxylation is 1. The fraction of sp³-hybridized carbons (Fsp3) is 0.500. The van der Waals surface area contributed by atoms with Crippen LogP contribution in [0.1, 0.15) is 24.8 Å². The summed E-state index contributed by atoms with van der Waals surface area (Å²) in [7, 11) is 0. The van der Waals surface area contributed by atoms with Crippen LogP contribution in [0.15, 0.2) is 28.7 Å². The van der Waals surface area contributed by atoms with E-state index in [1.807, 2.05) is 12.1 Å². The van der Waals surface area contributed by atoms with Crippen LogP contribution in [0.5, 0.6) is 0 Å². The standard InChI is InChI=1S/C14H19BrN2O/c15-12-4-1-3-11(9-12)6-7-14(18)17-13-5-2-8-16-10-13/h1,3-4,9,13,16H,2,5-8,10H2,(H,17,18)/t13-/m0/s1. The molecule has 0 aromatic heterocycles. The number of piperidine rings is 1. The van der Waals surface area contributed by atoms with Crippen molar-refractivity contribution in [3.05, 3.63) is 34.3 Å². The zero-order valence-electron chi connectivity index (χ0n) is 10.4. The predicted molar refractivity (Wildman–Crippen MR) is 76.5 cm³/mol. The summed E-state index contributed by atoms with van der Waals surface area (Å²) in [6.07, 6.45) is 3.60. The van der Waals surface area contributed by atoms with E-state index < -0.39 is 0 Å². The molecule has 1 amide bonds. The molecule has 98 valence electrons. The monoisotopic (exact) mass is 310 g/mol. The molecule has 1 atom stereocenters. The second-order valence-corrected chi connectivity index (χ2v) is 5.66. The number of benzene rings is 1. The van der Waals surface area contributed by atoms with Gasteiger partial charge >= 0.3 is 0 Å². The van der Waals surface area contributed by atoms with Gasteiger partial charge in [0, 0.05) is 23.5 Å². The van der Waals surface area contributed by atoms with Crippen LogP contribution in [-0.4, -0.2) is 25.0 Å². The molecule has 2 rings (SSSR count). The fourth-order valence-electron chi connectivity index (χ4n) is 2.23. The molecule has 1 aliphatic rings. The van der Waals surface area contributed by atoms with Gasteiger partial charge in [0.05, 0.1) is 0 Å². The van der Waals surface area contributed by atoms with Crippen LogP contribution in [0.2, 0.25) is 0 Å². The molecule has 1 aromatic rings. The molecule has 0 unspecified atom stereocenters. The van der Waals surface area contributed by atoms with E-state index in [2.05, 4.69) is 38.7 Å². The van der Waals surface area contributed by atoms with E-state index in [0.717, 1.165) is 36.8 Å². The molecule has 2 N–H and O–H groups in total. The molecule has 4 heteroatoms. The SMILES string of the molecule is O=C(CCc1cccc(Br)c1)N[C@H]1CCCNC1. The first-order chi connectivity index (χ1) is 8.74. The van der Waals surface area contributed by atoms with Crippen molar-refractivity contribution < 1.29 is 4.79 Å². The van der Waals surface area contributed by atoms with Gasteiger partial charge in [0.15, 0.2) is 0 Å². The topological polar surface area (TPSA) is 41.1 Å². The molecular weight excluding hydrogens is 292 g/mol. The van der Waals surface area contributed by atoms with Gasteiger partial charge < -0.3 is 10.6 Å². The zero-order valence-corrected chi connectivity index (χ0v) is 12.0. The van der Waals surface area contributed by atoms with E-state index >= 15 is 0 Å². The summed E-state index contributed by atoms with van der Waals surface area (Å²) in [5, 5.41) is 6.39. The number of halogens is 1. The third-order valence-corrected chi connectivity index (χ3v) is 3.69. The normalized spacial score (nSPS) is 19.5. The minimum absolute atomic E-state index is 0.156. The van der Waals surface area contributed by atoms with E-state index in [4.69, 9.17) is 0 Å². The van der Waals surface area contributed by atoms with Gasteiger partial charge in [-0.2, -0.15) is 0 Å². The summed E-state index contributed by atoms with van der Waals surface area (Å²) in [6.45, 7) is 1.98. The van der Waals surface area contributed by atoms with Crippen molar-refractivity contribution in [2.45, 2.75) is 31.7 Å². The summed E-state index contributed by atoms with van der Waals surface area (Å²) in [6, 6.07) is 8.43. The number of carbonyl (C=O) groups excluding carboxylic acids is 1. The average Bonchev–Trinajstić information content (AvgIpc) is 2.38. The lowest BCUT2D eigenvalue weighted by Crippen LogP contribution is -2.45. The second kappa shape index (κ2) is 6.90. The number of carbonyl (C=O) groups is 1. The van der Waals surface area contributed by atoms with Crippen molar-refractivity contribution in [3.8, 4) is 0 Å². The zero-order chi connectivity index (χ0) is 12.8. The molecule has 1 heterocycles. The van der Waals surface area contributed by atoms with Gasteiger partial charge in [0.25, 0.3) is 0 Å². The Labute approximate surface area is 116 Å². The van der Waals surface area contributed by atoms with Crippen molar-refractivity contribution in [2.75, 3.05) is 13.1 Å². The van der Waals surface area contributed by atoms with Gasteiger partial charge in [-0.05, 0) is 43.5 Å². The smallest absolute Gasteiger partial charge is 0.220 e. The van der Waals surface area contributed by atoms with Crippen molar-refractivity contribution in [2.24, 2.45) is 0 Å². The highest BCUT2D eigenvalue weighted by Crippen LogP contribution is 2.13. The molecule has 0 bridgehead atoms. The third-order valence-electron chi connectivity index (χ3n) is 3.19. The molecule has 3 nitrogen and oxygen atoms in total. The van der Waals surface area contributed by atoms with Gasteiger partial charge in [-0.15, -0.1) is 0 Å². The first kappa shape index (κ1) is 13.6. The summed E-state index contributed by atoms with van der Waals surface area (Å²) < 4.78 is 1.07. The number of amides is 1. The Hall–Kier alpha value is -0.870. The van der Waals surface area contributed by atoms with Gasteiger partial charge in [-0.3, -0.25) is 4.79 Å². The van der Waals surface area contributed by atoms with Crippen LogP contribution in [0, 0.1) is 0 Å². The van der Waals surface area contributed by atoms with Gasteiger partial charge in [-0.1, -0.05) is 28.1 Å². The Kier molecular flexibility index (Phi) is 5.20. The van der Waals surface area contributed by atoms with Crippen LogP contribution < -0.4 is 10.6 Å². The van der Waals surface area contributed by atoms with Crippen molar-refractivity contribution in [1.82, 2.24) is 10.6 Å². The molecular formula is C14H19BrN2O. The second-order valence-electron chi connectivity index (χ2n) is 4.74. The van der Waals surface area contributed by atoms with Gasteiger partial charge in [0.2, 0.25) is 5.91 Å². The average molecular weight is 311 g/mol. The first-order valence-corrected chi connectivity index (χ1v) is 7.28. The molecule has 1 fully saturated rings. The van der Waals surface area contributed by atoms with Crippen LogP contribution in [0.25, 0.3) is 0 Å². The molecule has 1 aromatic carbocycles. The van der Waals surface area contributed by atoms with E-state index in [9.17, 15) is 4.79 Å². The number of nitrogens with one attached hydrogen (secondary N) is 2. The summed E-state index contributed by atoms with van der Waals surface area (Å²) in [5.74, 6) is 0.156. The summed E-state index contributed by atoms with van der Waals surface area (Å²) in [4.78, 5) is 11.8. The van der Waals surface area contributed by atoms with Crippen LogP contribution in [0.4, 0.5) is 0 Å². The Morgan fingerprint density at radius 3 is 3.11 bits per heavy atom. The highest BCUT2D eigenvalue weighted by Gasteiger charge is 2.14. The maximum absolute atomic E-state index is 11.8. The van der Waals surface area contributed by atoms with Crippen molar-refractivity contribution in [1.29, 1.82) is 0 Å². The lowest BCUT2D eigenvalue weighted by molar-refractivity contribution is -0.121. The largest absolute Gasteiger partial charge is 0.352 e. The molecule has 0 saturated carbocycles. The quantitative estimate of drug-likeness (QED) is 0.895. The molecule has 0 radical (unpaired) electrons. The molecule has 0 aliphatic carbocycles. The third kappa shape index (κ3) is 4.42. The first-order valence-electron chi connectivity index (χ1n) is 6.48. The summed E-state index contributed by atoms with van der Waals surface area (Å²) in [5.41, 5.74) is 1.20. The lowest BCUT2D eigenvalue weighted by Gasteiger charge is -2.23. The van der Waals surface area contributed by atoms with Crippen LogP contribution in [-0.2, 0) is 11.2 Å². The number of hydrogen-bond acceptors (Lipinski definition) is 2. The molecule has 1 saturated heterocycles. The maximum Gasteiger partial charge on any atom is 0.220 e. The summed E-state index contributed by atoms with van der Waals surface area (Å²) >= 11 is 3.44. The van der Waals surface area contributed by atoms with E-state index in [0.29, 0.717) is 12.5 Å². The number of hydrogen-bond donors (Lipinski definition) is 2. The Bertz CT molecular complexity index is 403. The highest BCUT2D eigenvalue weighted by molar-refractivity contribution is 9.10. The minimum Gasteiger partial charge on any atom is -0.352 e. The van der Waals surface area contributed by atoms with Crippen LogP contribution in [0.3, 0.4) is 0 Å². The number of rotatable bonds is 4. The van der Waals surface area contributed by atoms with Crippen LogP contribution >= 0.6 is 15.9 Å². The highest BCUT2D eigenvalue weighted by atomic mass is 79.9. The van der Waals surface area contributed by atoms with E-state index in [-0.39, 0.29) is 5.91 Å². The van der Waals surface area contributed by atoms with E-state index in [1.165, 1.54) is 5.56 Å².